The normalized spacial score (nSPS) is 19.0. The maximum absolute atomic E-state index is 10.8. The minimum atomic E-state index is -0.819. The molecule has 0 radical (unpaired) electrons. The van der Waals surface area contributed by atoms with Crippen molar-refractivity contribution in [3.8, 4) is 0 Å². The monoisotopic (exact) mass is 181 g/mol. The van der Waals surface area contributed by atoms with Crippen LogP contribution < -0.4 is 5.32 Å². The second-order valence-electron chi connectivity index (χ2n) is 3.10. The molecule has 0 saturated carbocycles. The number of carboxylic acids is 1. The van der Waals surface area contributed by atoms with Gasteiger partial charge in [-0.1, -0.05) is 18.2 Å². The zero-order chi connectivity index (χ0) is 9.68. The number of carboxylic acid groups (broad SMARTS) is 1. The maximum Gasteiger partial charge on any atom is 0.325 e. The molecule has 1 atom stereocenters. The van der Waals surface area contributed by atoms with E-state index >= 15 is 0 Å². The summed E-state index contributed by atoms with van der Waals surface area (Å²) < 4.78 is 0. The van der Waals surface area contributed by atoms with Gasteiger partial charge in [0.25, 0.3) is 0 Å². The lowest BCUT2D eigenvalue weighted by Gasteiger charge is -2.11. The van der Waals surface area contributed by atoms with Crippen LogP contribution in [-0.4, -0.2) is 24.2 Å². The van der Waals surface area contributed by atoms with Crippen molar-refractivity contribution < 1.29 is 9.90 Å². The van der Waals surface area contributed by atoms with Gasteiger partial charge in [-0.2, -0.15) is 0 Å². The molecule has 0 aromatic rings. The van der Waals surface area contributed by atoms with Crippen LogP contribution in [0.1, 0.15) is 19.3 Å². The largest absolute Gasteiger partial charge is 0.480 e. The first-order valence-corrected chi connectivity index (χ1v) is 4.52. The summed E-state index contributed by atoms with van der Waals surface area (Å²) in [6.45, 7) is 0. The van der Waals surface area contributed by atoms with Crippen molar-refractivity contribution in [1.82, 2.24) is 5.32 Å². The van der Waals surface area contributed by atoms with E-state index in [-0.39, 0.29) is 0 Å². The molecule has 2 N–H and O–H groups in total. The van der Waals surface area contributed by atoms with Crippen LogP contribution in [0.5, 0.6) is 0 Å². The van der Waals surface area contributed by atoms with E-state index in [0.717, 1.165) is 24.8 Å². The van der Waals surface area contributed by atoms with Crippen molar-refractivity contribution in [2.24, 2.45) is 0 Å². The van der Waals surface area contributed by atoms with E-state index in [9.17, 15) is 4.79 Å². The fraction of sp³-hybridized carbons (Fsp3) is 0.500. The lowest BCUT2D eigenvalue weighted by Crippen LogP contribution is -2.35. The molecule has 1 rings (SSSR count). The van der Waals surface area contributed by atoms with Crippen molar-refractivity contribution in [3.63, 3.8) is 0 Å². The molecule has 0 amide bonds. The molecule has 72 valence electrons. The Balaban J connectivity index is 2.76. The van der Waals surface area contributed by atoms with Crippen molar-refractivity contribution in [3.05, 3.63) is 23.8 Å². The molecule has 13 heavy (non-hydrogen) atoms. The molecular formula is C10H15NO2. The summed E-state index contributed by atoms with van der Waals surface area (Å²) >= 11 is 0. The van der Waals surface area contributed by atoms with Crippen LogP contribution in [0.25, 0.3) is 0 Å². The molecule has 0 unspecified atom stereocenters. The zero-order valence-electron chi connectivity index (χ0n) is 7.79. The van der Waals surface area contributed by atoms with Gasteiger partial charge < -0.3 is 10.4 Å². The highest BCUT2D eigenvalue weighted by Gasteiger charge is 2.18. The molecule has 0 spiro atoms. The fourth-order valence-corrected chi connectivity index (χ4v) is 1.44. The molecule has 0 bridgehead atoms. The predicted molar refractivity (Wildman–Crippen MR) is 51.6 cm³/mol. The van der Waals surface area contributed by atoms with Crippen LogP contribution in [-0.2, 0) is 4.79 Å². The Morgan fingerprint density at radius 1 is 1.62 bits per heavy atom. The second-order valence-corrected chi connectivity index (χ2v) is 3.10. The average molecular weight is 181 g/mol. The third-order valence-corrected chi connectivity index (χ3v) is 2.13. The number of rotatable bonds is 3. The SMILES string of the molecule is CN[C@@H](C(=O)O)C1=CCCCC=C1. The first-order valence-electron chi connectivity index (χ1n) is 4.52. The summed E-state index contributed by atoms with van der Waals surface area (Å²) in [6.07, 6.45) is 9.05. The summed E-state index contributed by atoms with van der Waals surface area (Å²) in [5, 5.41) is 11.7. The molecule has 1 aliphatic carbocycles. The van der Waals surface area contributed by atoms with Crippen LogP contribution in [0, 0.1) is 0 Å². The molecular weight excluding hydrogens is 166 g/mol. The first kappa shape index (κ1) is 9.99. The van der Waals surface area contributed by atoms with Crippen LogP contribution in [0.2, 0.25) is 0 Å². The molecule has 0 fully saturated rings. The molecule has 1 aliphatic rings. The van der Waals surface area contributed by atoms with Gasteiger partial charge in [-0.05, 0) is 31.9 Å². The highest BCUT2D eigenvalue weighted by molar-refractivity contribution is 5.78. The Kier molecular flexibility index (Phi) is 3.71. The standard InChI is InChI=1S/C10H15NO2/c1-11-9(10(12)13)8-6-4-2-3-5-7-8/h4,6-7,9,11H,2-3,5H2,1H3,(H,12,13)/t9-/m1/s1. The van der Waals surface area contributed by atoms with Crippen molar-refractivity contribution >= 4 is 5.97 Å². The van der Waals surface area contributed by atoms with Crippen LogP contribution in [0.15, 0.2) is 23.8 Å². The Morgan fingerprint density at radius 2 is 2.38 bits per heavy atom. The Labute approximate surface area is 78.1 Å². The van der Waals surface area contributed by atoms with Gasteiger partial charge in [-0.3, -0.25) is 4.79 Å². The molecule has 0 saturated heterocycles. The van der Waals surface area contributed by atoms with Crippen molar-refractivity contribution in [2.45, 2.75) is 25.3 Å². The van der Waals surface area contributed by atoms with Gasteiger partial charge in [0.2, 0.25) is 0 Å². The number of hydrogen-bond donors (Lipinski definition) is 2. The van der Waals surface area contributed by atoms with Crippen molar-refractivity contribution in [1.29, 1.82) is 0 Å². The van der Waals surface area contributed by atoms with E-state index in [1.807, 2.05) is 18.2 Å². The quantitative estimate of drug-likeness (QED) is 0.690. The highest BCUT2D eigenvalue weighted by Crippen LogP contribution is 2.13. The van der Waals surface area contributed by atoms with E-state index in [1.54, 1.807) is 7.05 Å². The van der Waals surface area contributed by atoms with Crippen LogP contribution in [0.3, 0.4) is 0 Å². The molecule has 0 heterocycles. The number of carbonyl (C=O) groups is 1. The molecule has 3 heteroatoms. The predicted octanol–water partition coefficient (Wildman–Crippen LogP) is 1.33. The van der Waals surface area contributed by atoms with E-state index in [2.05, 4.69) is 5.32 Å². The molecule has 0 aliphatic heterocycles. The minimum Gasteiger partial charge on any atom is -0.480 e. The van der Waals surface area contributed by atoms with E-state index in [1.165, 1.54) is 0 Å². The third kappa shape index (κ3) is 2.70. The Hall–Kier alpha value is -1.09. The van der Waals surface area contributed by atoms with Crippen LogP contribution >= 0.6 is 0 Å². The lowest BCUT2D eigenvalue weighted by molar-refractivity contribution is -0.138. The van der Waals surface area contributed by atoms with Gasteiger partial charge >= 0.3 is 5.97 Å². The summed E-state index contributed by atoms with van der Waals surface area (Å²) in [7, 11) is 1.67. The smallest absolute Gasteiger partial charge is 0.325 e. The van der Waals surface area contributed by atoms with Gasteiger partial charge in [0.15, 0.2) is 0 Å². The zero-order valence-corrected chi connectivity index (χ0v) is 7.79. The number of aliphatic carboxylic acids is 1. The van der Waals surface area contributed by atoms with E-state index in [0.29, 0.717) is 0 Å². The van der Waals surface area contributed by atoms with E-state index in [4.69, 9.17) is 5.11 Å². The highest BCUT2D eigenvalue weighted by atomic mass is 16.4. The average Bonchev–Trinajstić information content (AvgIpc) is 2.33. The number of likely N-dealkylation sites (N-methyl/N-ethyl adjacent to an activating group) is 1. The summed E-state index contributed by atoms with van der Waals surface area (Å²) in [5.41, 5.74) is 0.868. The third-order valence-electron chi connectivity index (χ3n) is 2.13. The summed E-state index contributed by atoms with van der Waals surface area (Å²) in [4.78, 5) is 10.8. The minimum absolute atomic E-state index is 0.561. The lowest BCUT2D eigenvalue weighted by atomic mass is 10.1. The summed E-state index contributed by atoms with van der Waals surface area (Å²) in [6, 6.07) is -0.561. The number of hydrogen-bond acceptors (Lipinski definition) is 2. The Bertz CT molecular complexity index is 243. The summed E-state index contributed by atoms with van der Waals surface area (Å²) in [5.74, 6) is -0.819. The fourth-order valence-electron chi connectivity index (χ4n) is 1.44. The topological polar surface area (TPSA) is 49.3 Å². The van der Waals surface area contributed by atoms with Gasteiger partial charge in [-0.15, -0.1) is 0 Å². The van der Waals surface area contributed by atoms with Gasteiger partial charge in [-0.25, -0.2) is 0 Å². The van der Waals surface area contributed by atoms with Crippen molar-refractivity contribution in [2.75, 3.05) is 7.05 Å². The van der Waals surface area contributed by atoms with E-state index < -0.39 is 12.0 Å². The Morgan fingerprint density at radius 3 is 3.00 bits per heavy atom. The van der Waals surface area contributed by atoms with Gasteiger partial charge in [0, 0.05) is 0 Å². The number of nitrogens with one attached hydrogen (secondary N) is 1. The van der Waals surface area contributed by atoms with Crippen LogP contribution in [0.4, 0.5) is 0 Å². The number of allylic oxidation sites excluding steroid dienone is 2. The second kappa shape index (κ2) is 4.82. The molecule has 0 aromatic carbocycles. The van der Waals surface area contributed by atoms with Gasteiger partial charge in [0.05, 0.1) is 0 Å². The molecule has 0 aromatic heterocycles. The maximum atomic E-state index is 10.8. The first-order chi connectivity index (χ1) is 6.25. The molecule has 3 nitrogen and oxygen atoms in total. The van der Waals surface area contributed by atoms with Gasteiger partial charge in [0.1, 0.15) is 6.04 Å².